The van der Waals surface area contributed by atoms with Crippen LogP contribution in [0.4, 0.5) is 0 Å². The highest BCUT2D eigenvalue weighted by Crippen LogP contribution is 2.16. The Balaban J connectivity index is 2.72. The monoisotopic (exact) mass is 106 g/mol. The molecule has 0 aromatic carbocycles. The zero-order chi connectivity index (χ0) is 5.98. The highest BCUT2D eigenvalue weighted by Gasteiger charge is 1.96. The summed E-state index contributed by atoms with van der Waals surface area (Å²) in [6, 6.07) is 0. The lowest BCUT2D eigenvalue weighted by atomic mass is 10.3. The van der Waals surface area contributed by atoms with Gasteiger partial charge in [0.25, 0.3) is 0 Å². The molecule has 0 saturated carbocycles. The van der Waals surface area contributed by atoms with E-state index in [0.717, 1.165) is 6.42 Å². The lowest BCUT2D eigenvalue weighted by Gasteiger charge is -1.80. The summed E-state index contributed by atoms with van der Waals surface area (Å²) >= 11 is 0. The highest BCUT2D eigenvalue weighted by molar-refractivity contribution is 5.38. The number of hydrogen-bond donors (Lipinski definition) is 0. The lowest BCUT2D eigenvalue weighted by Crippen LogP contribution is -1.60. The van der Waals surface area contributed by atoms with Gasteiger partial charge in [0.2, 0.25) is 0 Å². The molecule has 0 nitrogen and oxygen atoms in total. The largest absolute Gasteiger partial charge is 0.0985 e. The van der Waals surface area contributed by atoms with Crippen molar-refractivity contribution in [1.29, 1.82) is 0 Å². The Labute approximate surface area is 50.2 Å². The fourth-order valence-electron chi connectivity index (χ4n) is 0.823. The molecule has 0 aromatic heterocycles. The highest BCUT2D eigenvalue weighted by atomic mass is 14.0. The molecule has 0 unspecified atom stereocenters. The van der Waals surface area contributed by atoms with Crippen molar-refractivity contribution in [1.82, 2.24) is 0 Å². The molecule has 0 heteroatoms. The van der Waals surface area contributed by atoms with E-state index in [0.29, 0.717) is 0 Å². The number of hydrogen-bond acceptors (Lipinski definition) is 0. The van der Waals surface area contributed by atoms with Gasteiger partial charge < -0.3 is 0 Å². The summed E-state index contributed by atoms with van der Waals surface area (Å²) in [7, 11) is 0. The molecule has 0 saturated heterocycles. The van der Waals surface area contributed by atoms with Crippen molar-refractivity contribution >= 4 is 0 Å². The SMILES string of the molecule is C=CC1=CCC(C)=C1. The van der Waals surface area contributed by atoms with Crippen molar-refractivity contribution in [2.45, 2.75) is 13.3 Å². The Kier molecular flexibility index (Phi) is 1.34. The van der Waals surface area contributed by atoms with Gasteiger partial charge in [0.05, 0.1) is 0 Å². The van der Waals surface area contributed by atoms with E-state index in [1.165, 1.54) is 11.1 Å². The van der Waals surface area contributed by atoms with Crippen molar-refractivity contribution in [2.24, 2.45) is 0 Å². The van der Waals surface area contributed by atoms with Crippen LogP contribution in [0.1, 0.15) is 13.3 Å². The quantitative estimate of drug-likeness (QED) is 0.481. The zero-order valence-electron chi connectivity index (χ0n) is 5.15. The molecule has 0 aliphatic heterocycles. The molecule has 0 atom stereocenters. The minimum Gasteiger partial charge on any atom is -0.0985 e. The van der Waals surface area contributed by atoms with Crippen molar-refractivity contribution in [3.8, 4) is 0 Å². The van der Waals surface area contributed by atoms with E-state index in [9.17, 15) is 0 Å². The molecule has 0 aromatic rings. The first-order chi connectivity index (χ1) is 3.83. The van der Waals surface area contributed by atoms with Gasteiger partial charge in [-0.3, -0.25) is 0 Å². The van der Waals surface area contributed by atoms with E-state index in [2.05, 4.69) is 25.7 Å². The normalized spacial score (nSPS) is 17.6. The van der Waals surface area contributed by atoms with Crippen LogP contribution in [0.5, 0.6) is 0 Å². The van der Waals surface area contributed by atoms with Gasteiger partial charge in [-0.05, 0) is 18.9 Å². The van der Waals surface area contributed by atoms with E-state index in [4.69, 9.17) is 0 Å². The fraction of sp³-hybridized carbons (Fsp3) is 0.250. The summed E-state index contributed by atoms with van der Waals surface area (Å²) in [5.41, 5.74) is 2.70. The minimum atomic E-state index is 1.11. The molecule has 0 heterocycles. The van der Waals surface area contributed by atoms with Crippen LogP contribution < -0.4 is 0 Å². The summed E-state index contributed by atoms with van der Waals surface area (Å²) in [6.07, 6.45) is 7.34. The molecule has 0 spiro atoms. The summed E-state index contributed by atoms with van der Waals surface area (Å²) in [5, 5.41) is 0. The van der Waals surface area contributed by atoms with Crippen molar-refractivity contribution in [2.75, 3.05) is 0 Å². The van der Waals surface area contributed by atoms with Crippen molar-refractivity contribution in [3.63, 3.8) is 0 Å². The predicted molar refractivity (Wildman–Crippen MR) is 36.7 cm³/mol. The molecule has 0 fully saturated rings. The van der Waals surface area contributed by atoms with Crippen molar-refractivity contribution in [3.05, 3.63) is 36.0 Å². The molecule has 0 bridgehead atoms. The minimum absolute atomic E-state index is 1.11. The first-order valence-electron chi connectivity index (χ1n) is 2.82. The number of allylic oxidation sites excluding steroid dienone is 5. The smallest absolute Gasteiger partial charge is 0.0129 e. The second kappa shape index (κ2) is 1.99. The van der Waals surface area contributed by atoms with Crippen LogP contribution in [0, 0.1) is 0 Å². The van der Waals surface area contributed by atoms with Gasteiger partial charge in [0, 0.05) is 0 Å². The molecule has 1 rings (SSSR count). The van der Waals surface area contributed by atoms with Crippen LogP contribution in [0.25, 0.3) is 0 Å². The molecule has 0 amide bonds. The second-order valence-corrected chi connectivity index (χ2v) is 2.10. The molecular weight excluding hydrogens is 96.1 g/mol. The van der Waals surface area contributed by atoms with E-state index >= 15 is 0 Å². The summed E-state index contributed by atoms with van der Waals surface area (Å²) < 4.78 is 0. The molecular formula is C8H10. The third kappa shape index (κ3) is 0.890. The maximum atomic E-state index is 3.66. The van der Waals surface area contributed by atoms with Gasteiger partial charge in [0.1, 0.15) is 0 Å². The molecule has 8 heavy (non-hydrogen) atoms. The average molecular weight is 106 g/mol. The molecule has 1 aliphatic carbocycles. The van der Waals surface area contributed by atoms with Gasteiger partial charge in [-0.1, -0.05) is 30.4 Å². The Morgan fingerprint density at radius 1 is 1.75 bits per heavy atom. The Morgan fingerprint density at radius 3 is 2.75 bits per heavy atom. The van der Waals surface area contributed by atoms with Gasteiger partial charge in [0.15, 0.2) is 0 Å². The van der Waals surface area contributed by atoms with Crippen LogP contribution in [-0.2, 0) is 0 Å². The van der Waals surface area contributed by atoms with Gasteiger partial charge in [-0.15, -0.1) is 0 Å². The van der Waals surface area contributed by atoms with Crippen LogP contribution in [0.3, 0.4) is 0 Å². The zero-order valence-corrected chi connectivity index (χ0v) is 5.15. The average Bonchev–Trinajstić information content (AvgIpc) is 2.14. The van der Waals surface area contributed by atoms with Crippen LogP contribution in [0.15, 0.2) is 36.0 Å². The molecule has 42 valence electrons. The summed E-state index contributed by atoms with van der Waals surface area (Å²) in [6.45, 7) is 5.80. The Bertz CT molecular complexity index is 159. The molecule has 0 radical (unpaired) electrons. The van der Waals surface area contributed by atoms with Crippen LogP contribution in [0.2, 0.25) is 0 Å². The van der Waals surface area contributed by atoms with E-state index < -0.39 is 0 Å². The maximum absolute atomic E-state index is 3.66. The van der Waals surface area contributed by atoms with Crippen molar-refractivity contribution < 1.29 is 0 Å². The van der Waals surface area contributed by atoms with E-state index in [1.54, 1.807) is 0 Å². The summed E-state index contributed by atoms with van der Waals surface area (Å²) in [5.74, 6) is 0. The third-order valence-corrected chi connectivity index (χ3v) is 1.31. The summed E-state index contributed by atoms with van der Waals surface area (Å²) in [4.78, 5) is 0. The fourth-order valence-corrected chi connectivity index (χ4v) is 0.823. The standard InChI is InChI=1S/C8H10/c1-3-8-5-4-7(2)6-8/h3,5-6H,1,4H2,2H3. The van der Waals surface area contributed by atoms with Crippen LogP contribution >= 0.6 is 0 Å². The Hall–Kier alpha value is -0.780. The second-order valence-electron chi connectivity index (χ2n) is 2.10. The van der Waals surface area contributed by atoms with E-state index in [1.807, 2.05) is 6.08 Å². The van der Waals surface area contributed by atoms with Gasteiger partial charge in [-0.25, -0.2) is 0 Å². The first-order valence-corrected chi connectivity index (χ1v) is 2.82. The van der Waals surface area contributed by atoms with Crippen LogP contribution in [-0.4, -0.2) is 0 Å². The first kappa shape index (κ1) is 5.36. The topological polar surface area (TPSA) is 0 Å². The third-order valence-electron chi connectivity index (χ3n) is 1.31. The Morgan fingerprint density at radius 2 is 2.50 bits per heavy atom. The number of rotatable bonds is 1. The van der Waals surface area contributed by atoms with Gasteiger partial charge >= 0.3 is 0 Å². The molecule has 0 N–H and O–H groups in total. The lowest BCUT2D eigenvalue weighted by molar-refractivity contribution is 1.25. The molecule has 1 aliphatic rings. The predicted octanol–water partition coefficient (Wildman–Crippen LogP) is 2.45. The van der Waals surface area contributed by atoms with E-state index in [-0.39, 0.29) is 0 Å². The van der Waals surface area contributed by atoms with Gasteiger partial charge in [-0.2, -0.15) is 0 Å². The maximum Gasteiger partial charge on any atom is -0.0129 e.